The summed E-state index contributed by atoms with van der Waals surface area (Å²) >= 11 is 0. The Morgan fingerprint density at radius 2 is 1.92 bits per heavy atom. The molecule has 1 aromatic carbocycles. The number of pyridine rings is 1. The topological polar surface area (TPSA) is 60.8 Å². The number of carbonyl (C=O) groups is 1. The molecule has 0 spiro atoms. The second-order valence-electron chi connectivity index (χ2n) is 6.88. The largest absolute Gasteiger partial charge is 0.483 e. The van der Waals surface area contributed by atoms with E-state index in [0.717, 1.165) is 11.8 Å². The first-order chi connectivity index (χ1) is 12.5. The van der Waals surface area contributed by atoms with Crippen LogP contribution >= 0.6 is 0 Å². The molecule has 2 aromatic rings. The van der Waals surface area contributed by atoms with Crippen molar-refractivity contribution < 1.29 is 14.3 Å². The molecule has 1 saturated heterocycles. The Morgan fingerprint density at radius 3 is 2.62 bits per heavy atom. The molecule has 6 heteroatoms. The fourth-order valence-electron chi connectivity index (χ4n) is 3.44. The molecule has 1 aliphatic heterocycles. The van der Waals surface area contributed by atoms with Crippen molar-refractivity contribution in [2.45, 2.75) is 45.9 Å². The molecule has 0 N–H and O–H groups in total. The highest BCUT2D eigenvalue weighted by molar-refractivity contribution is 5.88. The molecular formula is C20H26N2O4. The van der Waals surface area contributed by atoms with Crippen LogP contribution in [0.15, 0.2) is 35.3 Å². The first kappa shape index (κ1) is 18.5. The number of fused-ring (bicyclic) bond motifs is 1. The Balaban J connectivity index is 1.76. The fraction of sp³-hybridized carbons (Fsp3) is 0.500. The van der Waals surface area contributed by atoms with Gasteiger partial charge in [-0.3, -0.25) is 9.59 Å². The molecule has 2 atom stereocenters. The van der Waals surface area contributed by atoms with Gasteiger partial charge in [0, 0.05) is 31.2 Å². The van der Waals surface area contributed by atoms with Crippen LogP contribution in [0.2, 0.25) is 0 Å². The van der Waals surface area contributed by atoms with E-state index in [-0.39, 0.29) is 30.3 Å². The molecule has 0 bridgehead atoms. The SMILES string of the molecule is CCCn1ccc2c(OCC(=O)N3CC(C)OC(C)C3)cccc2c1=O. The van der Waals surface area contributed by atoms with E-state index in [4.69, 9.17) is 9.47 Å². The second kappa shape index (κ2) is 7.91. The van der Waals surface area contributed by atoms with Crippen molar-refractivity contribution in [2.24, 2.45) is 0 Å². The van der Waals surface area contributed by atoms with Gasteiger partial charge in [-0.1, -0.05) is 13.0 Å². The van der Waals surface area contributed by atoms with Crippen LogP contribution < -0.4 is 10.3 Å². The van der Waals surface area contributed by atoms with Crippen molar-refractivity contribution in [1.29, 1.82) is 0 Å². The van der Waals surface area contributed by atoms with Crippen LogP contribution in [0.5, 0.6) is 5.75 Å². The molecule has 0 aliphatic carbocycles. The van der Waals surface area contributed by atoms with Gasteiger partial charge in [0.2, 0.25) is 0 Å². The average molecular weight is 358 g/mol. The van der Waals surface area contributed by atoms with Gasteiger partial charge in [-0.05, 0) is 38.5 Å². The second-order valence-corrected chi connectivity index (χ2v) is 6.88. The third-order valence-corrected chi connectivity index (χ3v) is 4.57. The molecular weight excluding hydrogens is 332 g/mol. The van der Waals surface area contributed by atoms with Crippen molar-refractivity contribution in [2.75, 3.05) is 19.7 Å². The number of rotatable bonds is 5. The summed E-state index contributed by atoms with van der Waals surface area (Å²) in [4.78, 5) is 26.8. The van der Waals surface area contributed by atoms with Gasteiger partial charge in [0.1, 0.15) is 5.75 Å². The van der Waals surface area contributed by atoms with Crippen molar-refractivity contribution in [3.63, 3.8) is 0 Å². The molecule has 1 aliphatic rings. The average Bonchev–Trinajstić information content (AvgIpc) is 2.61. The van der Waals surface area contributed by atoms with Gasteiger partial charge in [-0.2, -0.15) is 0 Å². The van der Waals surface area contributed by atoms with E-state index in [2.05, 4.69) is 0 Å². The molecule has 0 radical (unpaired) electrons. The number of benzene rings is 1. The highest BCUT2D eigenvalue weighted by Crippen LogP contribution is 2.23. The van der Waals surface area contributed by atoms with E-state index in [1.165, 1.54) is 0 Å². The van der Waals surface area contributed by atoms with Crippen molar-refractivity contribution in [1.82, 2.24) is 9.47 Å². The summed E-state index contributed by atoms with van der Waals surface area (Å²) < 4.78 is 13.1. The van der Waals surface area contributed by atoms with Gasteiger partial charge in [0.25, 0.3) is 11.5 Å². The molecule has 0 saturated carbocycles. The van der Waals surface area contributed by atoms with Gasteiger partial charge in [0.05, 0.1) is 17.6 Å². The van der Waals surface area contributed by atoms with E-state index < -0.39 is 0 Å². The van der Waals surface area contributed by atoms with Crippen molar-refractivity contribution in [3.05, 3.63) is 40.8 Å². The summed E-state index contributed by atoms with van der Waals surface area (Å²) in [5, 5.41) is 1.35. The molecule has 2 unspecified atom stereocenters. The Bertz CT molecular complexity index is 835. The van der Waals surface area contributed by atoms with Gasteiger partial charge >= 0.3 is 0 Å². The number of hydrogen-bond acceptors (Lipinski definition) is 4. The number of amides is 1. The van der Waals surface area contributed by atoms with Gasteiger partial charge in [0.15, 0.2) is 6.61 Å². The highest BCUT2D eigenvalue weighted by Gasteiger charge is 2.26. The minimum atomic E-state index is -0.0664. The fourth-order valence-corrected chi connectivity index (χ4v) is 3.44. The normalized spacial score (nSPS) is 20.3. The Morgan fingerprint density at radius 1 is 1.19 bits per heavy atom. The zero-order valence-electron chi connectivity index (χ0n) is 15.6. The Kier molecular flexibility index (Phi) is 5.61. The lowest BCUT2D eigenvalue weighted by atomic mass is 10.1. The molecule has 1 amide bonds. The third-order valence-electron chi connectivity index (χ3n) is 4.57. The lowest BCUT2D eigenvalue weighted by Crippen LogP contribution is -2.49. The Hall–Kier alpha value is -2.34. The van der Waals surface area contributed by atoms with E-state index >= 15 is 0 Å². The number of carbonyl (C=O) groups excluding carboxylic acids is 1. The van der Waals surface area contributed by atoms with E-state index in [0.29, 0.717) is 30.8 Å². The zero-order chi connectivity index (χ0) is 18.7. The molecule has 140 valence electrons. The first-order valence-corrected chi connectivity index (χ1v) is 9.17. The van der Waals surface area contributed by atoms with Crippen LogP contribution in [0, 0.1) is 0 Å². The van der Waals surface area contributed by atoms with Crippen LogP contribution in [0.1, 0.15) is 27.2 Å². The highest BCUT2D eigenvalue weighted by atomic mass is 16.5. The van der Waals surface area contributed by atoms with Gasteiger partial charge in [-0.15, -0.1) is 0 Å². The summed E-state index contributed by atoms with van der Waals surface area (Å²) in [7, 11) is 0. The predicted octanol–water partition coefficient (Wildman–Crippen LogP) is 2.43. The van der Waals surface area contributed by atoms with Gasteiger partial charge < -0.3 is 18.9 Å². The number of aryl methyl sites for hydroxylation is 1. The maximum Gasteiger partial charge on any atom is 0.260 e. The molecule has 1 fully saturated rings. The number of ether oxygens (including phenoxy) is 2. The maximum atomic E-state index is 12.5. The van der Waals surface area contributed by atoms with Crippen molar-refractivity contribution >= 4 is 16.7 Å². The number of aromatic nitrogens is 1. The van der Waals surface area contributed by atoms with Crippen LogP contribution in [-0.4, -0.2) is 47.3 Å². The van der Waals surface area contributed by atoms with E-state index in [1.54, 1.807) is 33.9 Å². The summed E-state index contributed by atoms with van der Waals surface area (Å²) in [6.07, 6.45) is 2.73. The molecule has 26 heavy (non-hydrogen) atoms. The lowest BCUT2D eigenvalue weighted by Gasteiger charge is -2.35. The molecule has 2 heterocycles. The van der Waals surface area contributed by atoms with Crippen molar-refractivity contribution in [3.8, 4) is 5.75 Å². The van der Waals surface area contributed by atoms with Crippen LogP contribution in [-0.2, 0) is 16.1 Å². The smallest absolute Gasteiger partial charge is 0.260 e. The molecule has 1 aromatic heterocycles. The molecule has 3 rings (SSSR count). The predicted molar refractivity (Wildman–Crippen MR) is 101 cm³/mol. The van der Waals surface area contributed by atoms with Crippen LogP contribution in [0.4, 0.5) is 0 Å². The minimum absolute atomic E-state index is 0.0253. The first-order valence-electron chi connectivity index (χ1n) is 9.17. The van der Waals surface area contributed by atoms with Crippen LogP contribution in [0.3, 0.4) is 0 Å². The van der Waals surface area contributed by atoms with E-state index in [9.17, 15) is 9.59 Å². The van der Waals surface area contributed by atoms with Gasteiger partial charge in [-0.25, -0.2) is 0 Å². The Labute approximate surface area is 153 Å². The quantitative estimate of drug-likeness (QED) is 0.824. The number of nitrogens with zero attached hydrogens (tertiary/aromatic N) is 2. The standard InChI is InChI=1S/C20H26N2O4/c1-4-9-21-10-8-16-17(20(21)24)6-5-7-18(16)25-13-19(23)22-11-14(2)26-15(3)12-22/h5-8,10,14-15H,4,9,11-13H2,1-3H3. The van der Waals surface area contributed by atoms with Crippen LogP contribution in [0.25, 0.3) is 10.8 Å². The lowest BCUT2D eigenvalue weighted by molar-refractivity contribution is -0.145. The number of morpholine rings is 1. The van der Waals surface area contributed by atoms with E-state index in [1.807, 2.05) is 26.8 Å². The summed E-state index contributed by atoms with van der Waals surface area (Å²) in [6.45, 7) is 7.75. The summed E-state index contributed by atoms with van der Waals surface area (Å²) in [5.41, 5.74) is -0.0306. The zero-order valence-corrected chi connectivity index (χ0v) is 15.6. The minimum Gasteiger partial charge on any atom is -0.483 e. The summed E-state index contributed by atoms with van der Waals surface area (Å²) in [5.74, 6) is 0.495. The third kappa shape index (κ3) is 3.90. The summed E-state index contributed by atoms with van der Waals surface area (Å²) in [6, 6.07) is 7.26. The number of hydrogen-bond donors (Lipinski definition) is 0. The maximum absolute atomic E-state index is 12.5. The monoisotopic (exact) mass is 358 g/mol. The molecule has 6 nitrogen and oxygen atoms in total.